The Hall–Kier alpha value is -2.45. The molecular formula is C22H24Cl2N2O5. The van der Waals surface area contributed by atoms with Gasteiger partial charge in [0.05, 0.1) is 24.7 Å². The van der Waals surface area contributed by atoms with Crippen LogP contribution >= 0.6 is 24.0 Å². The van der Waals surface area contributed by atoms with Crippen molar-refractivity contribution < 1.29 is 19.2 Å². The summed E-state index contributed by atoms with van der Waals surface area (Å²) in [5.41, 5.74) is 0.828. The summed E-state index contributed by atoms with van der Waals surface area (Å²) in [6.07, 6.45) is 3.75. The molecule has 166 valence electrons. The van der Waals surface area contributed by atoms with E-state index >= 15 is 0 Å². The van der Waals surface area contributed by atoms with Crippen LogP contribution in [-0.2, 0) is 4.74 Å². The average Bonchev–Trinajstić information content (AvgIpc) is 2.77. The van der Waals surface area contributed by atoms with E-state index in [1.165, 1.54) is 30.4 Å². The zero-order chi connectivity index (χ0) is 21.3. The molecule has 1 saturated heterocycles. The van der Waals surface area contributed by atoms with Gasteiger partial charge in [0.2, 0.25) is 0 Å². The zero-order valence-corrected chi connectivity index (χ0v) is 18.4. The van der Waals surface area contributed by atoms with Gasteiger partial charge < -0.3 is 9.47 Å². The van der Waals surface area contributed by atoms with E-state index in [0.717, 1.165) is 39.3 Å². The largest absolute Gasteiger partial charge is 0.494 e. The first kappa shape index (κ1) is 24.8. The standard InChI is InChI=1S/C22H23ClN2O5.ClH/c23-21-8-5-19(25(27)28)16-18(21)4-9-22(26)17-2-6-20(7-3-17)30-13-1-10-24-11-14-29-15-12-24;/h2-9,16H,1,10-15H2;1H/b9-4+;. The van der Waals surface area contributed by atoms with Gasteiger partial charge in [0.25, 0.3) is 5.69 Å². The van der Waals surface area contributed by atoms with Gasteiger partial charge in [-0.2, -0.15) is 0 Å². The van der Waals surface area contributed by atoms with E-state index in [9.17, 15) is 14.9 Å². The fourth-order valence-corrected chi connectivity index (χ4v) is 3.23. The molecule has 1 heterocycles. The normalized spacial score (nSPS) is 14.2. The smallest absolute Gasteiger partial charge is 0.270 e. The Morgan fingerprint density at radius 1 is 1.19 bits per heavy atom. The van der Waals surface area contributed by atoms with Gasteiger partial charge in [-0.15, -0.1) is 12.4 Å². The fourth-order valence-electron chi connectivity index (χ4n) is 3.05. The predicted molar refractivity (Wildman–Crippen MR) is 123 cm³/mol. The molecule has 1 fully saturated rings. The number of carbonyl (C=O) groups is 1. The summed E-state index contributed by atoms with van der Waals surface area (Å²) in [7, 11) is 0. The number of nitrogens with zero attached hydrogens (tertiary/aromatic N) is 2. The Labute approximate surface area is 192 Å². The van der Waals surface area contributed by atoms with Crippen LogP contribution in [0.25, 0.3) is 6.08 Å². The minimum absolute atomic E-state index is 0. The minimum Gasteiger partial charge on any atom is -0.494 e. The van der Waals surface area contributed by atoms with E-state index in [1.54, 1.807) is 24.3 Å². The summed E-state index contributed by atoms with van der Waals surface area (Å²) in [4.78, 5) is 25.1. The van der Waals surface area contributed by atoms with E-state index in [2.05, 4.69) is 4.90 Å². The first-order chi connectivity index (χ1) is 14.5. The summed E-state index contributed by atoms with van der Waals surface area (Å²) < 4.78 is 11.1. The van der Waals surface area contributed by atoms with Crippen molar-refractivity contribution in [1.29, 1.82) is 0 Å². The topological polar surface area (TPSA) is 81.9 Å². The van der Waals surface area contributed by atoms with Gasteiger partial charge in [0, 0.05) is 42.4 Å². The van der Waals surface area contributed by atoms with Crippen LogP contribution in [-0.4, -0.2) is 55.1 Å². The van der Waals surface area contributed by atoms with Crippen LogP contribution in [0, 0.1) is 10.1 Å². The number of hydrogen-bond acceptors (Lipinski definition) is 6. The van der Waals surface area contributed by atoms with Gasteiger partial charge in [-0.25, -0.2) is 0 Å². The maximum atomic E-state index is 12.4. The predicted octanol–water partition coefficient (Wildman–Crippen LogP) is 4.67. The van der Waals surface area contributed by atoms with Crippen molar-refractivity contribution in [1.82, 2.24) is 4.90 Å². The van der Waals surface area contributed by atoms with Gasteiger partial charge >= 0.3 is 0 Å². The lowest BCUT2D eigenvalue weighted by molar-refractivity contribution is -0.384. The van der Waals surface area contributed by atoms with Crippen LogP contribution < -0.4 is 4.74 Å². The second kappa shape index (κ2) is 12.4. The van der Waals surface area contributed by atoms with Gasteiger partial charge in [0.15, 0.2) is 5.78 Å². The number of halogens is 2. The van der Waals surface area contributed by atoms with Crippen molar-refractivity contribution in [3.63, 3.8) is 0 Å². The Morgan fingerprint density at radius 2 is 1.90 bits per heavy atom. The molecule has 1 aliphatic heterocycles. The highest BCUT2D eigenvalue weighted by atomic mass is 35.5. The first-order valence-electron chi connectivity index (χ1n) is 9.72. The maximum Gasteiger partial charge on any atom is 0.270 e. The number of ketones is 1. The Kier molecular flexibility index (Phi) is 9.94. The molecule has 0 saturated carbocycles. The van der Waals surface area contributed by atoms with Gasteiger partial charge in [-0.05, 0) is 54.5 Å². The summed E-state index contributed by atoms with van der Waals surface area (Å²) in [5.74, 6) is 0.482. The molecule has 0 spiro atoms. The third-order valence-corrected chi connectivity index (χ3v) is 5.08. The highest BCUT2D eigenvalue weighted by Crippen LogP contribution is 2.23. The van der Waals surface area contributed by atoms with Gasteiger partial charge in [-0.3, -0.25) is 19.8 Å². The molecule has 0 amide bonds. The molecule has 3 rings (SSSR count). The second-order valence-corrected chi connectivity index (χ2v) is 7.25. The van der Waals surface area contributed by atoms with Crippen molar-refractivity contribution in [3.05, 3.63) is 74.8 Å². The van der Waals surface area contributed by atoms with Crippen molar-refractivity contribution in [2.45, 2.75) is 6.42 Å². The molecule has 2 aromatic carbocycles. The van der Waals surface area contributed by atoms with E-state index in [-0.39, 0.29) is 23.9 Å². The maximum absolute atomic E-state index is 12.4. The highest BCUT2D eigenvalue weighted by molar-refractivity contribution is 6.32. The Bertz CT molecular complexity index is 913. The number of benzene rings is 2. The fraction of sp³-hybridized carbons (Fsp3) is 0.318. The van der Waals surface area contributed by atoms with Crippen LogP contribution in [0.15, 0.2) is 48.5 Å². The summed E-state index contributed by atoms with van der Waals surface area (Å²) in [5, 5.41) is 11.2. The van der Waals surface area contributed by atoms with E-state index < -0.39 is 4.92 Å². The lowest BCUT2D eigenvalue weighted by Crippen LogP contribution is -2.37. The number of non-ortho nitro benzene ring substituents is 1. The van der Waals surface area contributed by atoms with Crippen LogP contribution in [0.1, 0.15) is 22.3 Å². The molecule has 0 bridgehead atoms. The Balaban J connectivity index is 0.00000341. The number of hydrogen-bond donors (Lipinski definition) is 0. The van der Waals surface area contributed by atoms with Crippen molar-refractivity contribution in [2.24, 2.45) is 0 Å². The average molecular weight is 467 g/mol. The molecule has 2 aromatic rings. The number of rotatable bonds is 9. The van der Waals surface area contributed by atoms with Crippen LogP contribution in [0.3, 0.4) is 0 Å². The molecule has 1 aliphatic rings. The molecule has 0 N–H and O–H groups in total. The number of allylic oxidation sites excluding steroid dienone is 1. The molecule has 7 nitrogen and oxygen atoms in total. The van der Waals surface area contributed by atoms with Crippen LogP contribution in [0.4, 0.5) is 5.69 Å². The molecule has 0 radical (unpaired) electrons. The molecular weight excluding hydrogens is 443 g/mol. The third-order valence-electron chi connectivity index (χ3n) is 4.73. The van der Waals surface area contributed by atoms with Crippen LogP contribution in [0.2, 0.25) is 5.02 Å². The summed E-state index contributed by atoms with van der Waals surface area (Å²) >= 11 is 6.05. The molecule has 0 unspecified atom stereocenters. The zero-order valence-electron chi connectivity index (χ0n) is 16.9. The molecule has 31 heavy (non-hydrogen) atoms. The number of nitro benzene ring substituents is 1. The molecule has 9 heteroatoms. The third kappa shape index (κ3) is 7.63. The quantitative estimate of drug-likeness (QED) is 0.175. The lowest BCUT2D eigenvalue weighted by atomic mass is 10.1. The van der Waals surface area contributed by atoms with Crippen molar-refractivity contribution >= 4 is 41.6 Å². The minimum atomic E-state index is -0.505. The summed E-state index contributed by atoms with van der Waals surface area (Å²) in [6, 6.07) is 11.0. The van der Waals surface area contributed by atoms with Gasteiger partial charge in [-0.1, -0.05) is 11.6 Å². The van der Waals surface area contributed by atoms with E-state index in [1.807, 2.05) is 0 Å². The number of nitro groups is 1. The van der Waals surface area contributed by atoms with Crippen LogP contribution in [0.5, 0.6) is 5.75 Å². The number of ether oxygens (including phenoxy) is 2. The number of carbonyl (C=O) groups excluding carboxylic acids is 1. The van der Waals surface area contributed by atoms with E-state index in [4.69, 9.17) is 21.1 Å². The second-order valence-electron chi connectivity index (χ2n) is 6.84. The van der Waals surface area contributed by atoms with Crippen molar-refractivity contribution in [3.8, 4) is 5.75 Å². The van der Waals surface area contributed by atoms with E-state index in [0.29, 0.717) is 28.5 Å². The van der Waals surface area contributed by atoms with Gasteiger partial charge in [0.1, 0.15) is 5.75 Å². The molecule has 0 aliphatic carbocycles. The summed E-state index contributed by atoms with van der Waals surface area (Å²) in [6.45, 7) is 5.09. The Morgan fingerprint density at radius 3 is 2.58 bits per heavy atom. The SMILES string of the molecule is Cl.O=C(/C=C/c1cc([N+](=O)[O-])ccc1Cl)c1ccc(OCCCN2CCOCC2)cc1. The van der Waals surface area contributed by atoms with Crippen molar-refractivity contribution in [2.75, 3.05) is 39.5 Å². The monoisotopic (exact) mass is 466 g/mol. The first-order valence-corrected chi connectivity index (χ1v) is 10.1. The highest BCUT2D eigenvalue weighted by Gasteiger charge is 2.10. The molecule has 0 aromatic heterocycles. The number of morpholine rings is 1. The lowest BCUT2D eigenvalue weighted by Gasteiger charge is -2.26. The molecule has 0 atom stereocenters.